The van der Waals surface area contributed by atoms with Crippen molar-refractivity contribution < 1.29 is 28.6 Å². The number of Topliss-reactive ketones (excluding diaryl/α,β-unsaturated/α-hetero) is 1. The number of benzene rings is 2. The van der Waals surface area contributed by atoms with Crippen molar-refractivity contribution in [3.8, 4) is 11.3 Å². The van der Waals surface area contributed by atoms with Crippen LogP contribution < -0.4 is 5.32 Å². The monoisotopic (exact) mass is 441 g/mol. The number of dihydropyridines is 1. The molecule has 7 nitrogen and oxygen atoms in total. The average molecular weight is 441 g/mol. The quantitative estimate of drug-likeness (QED) is 0.579. The fraction of sp³-hybridized carbons (Fsp3) is 0.115. The molecule has 2 N–H and O–H groups in total. The van der Waals surface area contributed by atoms with Gasteiger partial charge in [0.05, 0.1) is 29.9 Å². The summed E-state index contributed by atoms with van der Waals surface area (Å²) < 4.78 is 11.1. The maximum absolute atomic E-state index is 13.4. The highest BCUT2D eigenvalue weighted by molar-refractivity contribution is 6.23. The number of ether oxygens (including phenoxy) is 1. The number of furan rings is 1. The second-order valence-electron chi connectivity index (χ2n) is 7.80. The number of carboxylic acids is 1. The number of nitrogens with one attached hydrogen (secondary N) is 1. The summed E-state index contributed by atoms with van der Waals surface area (Å²) >= 11 is 0. The van der Waals surface area contributed by atoms with Gasteiger partial charge < -0.3 is 19.6 Å². The van der Waals surface area contributed by atoms with E-state index in [9.17, 15) is 19.5 Å². The Morgan fingerprint density at radius 2 is 1.64 bits per heavy atom. The number of rotatable bonds is 4. The molecule has 2 aliphatic rings. The fourth-order valence-electron chi connectivity index (χ4n) is 4.53. The van der Waals surface area contributed by atoms with Crippen molar-refractivity contribution in [1.82, 2.24) is 5.32 Å². The summed E-state index contributed by atoms with van der Waals surface area (Å²) in [5, 5.41) is 12.8. The molecule has 7 heteroatoms. The summed E-state index contributed by atoms with van der Waals surface area (Å²) in [4.78, 5) is 37.9. The van der Waals surface area contributed by atoms with Crippen LogP contribution in [-0.2, 0) is 9.53 Å². The number of carboxylic acid groups (broad SMARTS) is 1. The lowest BCUT2D eigenvalue weighted by molar-refractivity contribution is -0.136. The van der Waals surface area contributed by atoms with Gasteiger partial charge >= 0.3 is 11.9 Å². The predicted molar refractivity (Wildman–Crippen MR) is 119 cm³/mol. The molecule has 2 aromatic carbocycles. The summed E-state index contributed by atoms with van der Waals surface area (Å²) in [6, 6.07) is 17.1. The first-order valence-electron chi connectivity index (χ1n) is 10.3. The van der Waals surface area contributed by atoms with E-state index in [-0.39, 0.29) is 16.9 Å². The minimum Gasteiger partial charge on any atom is -0.478 e. The number of methoxy groups -OCH3 is 1. The number of carbonyl (C=O) groups excluding carboxylic acids is 2. The third-order valence-corrected chi connectivity index (χ3v) is 5.99. The van der Waals surface area contributed by atoms with Gasteiger partial charge in [0.1, 0.15) is 11.5 Å². The van der Waals surface area contributed by atoms with Crippen LogP contribution in [0.5, 0.6) is 0 Å². The van der Waals surface area contributed by atoms with Crippen LogP contribution in [0.4, 0.5) is 0 Å². The van der Waals surface area contributed by atoms with Gasteiger partial charge in [-0.25, -0.2) is 9.59 Å². The molecule has 0 fully saturated rings. The normalized spacial score (nSPS) is 16.9. The molecule has 164 valence electrons. The second-order valence-corrected chi connectivity index (χ2v) is 7.80. The number of hydrogen-bond acceptors (Lipinski definition) is 6. The van der Waals surface area contributed by atoms with E-state index in [1.807, 2.05) is 12.1 Å². The molecule has 2 heterocycles. The summed E-state index contributed by atoms with van der Waals surface area (Å²) in [5.74, 6) is -1.99. The Balaban J connectivity index is 1.69. The SMILES string of the molecule is COC(=O)C1=C(C)NC2=C(C(=O)c3ccccc32)[C@H]1c1ccc(-c2ccccc2C(=O)O)o1. The first kappa shape index (κ1) is 20.5. The van der Waals surface area contributed by atoms with Gasteiger partial charge in [0.2, 0.25) is 0 Å². The summed E-state index contributed by atoms with van der Waals surface area (Å²) in [5.41, 5.74) is 3.65. The summed E-state index contributed by atoms with van der Waals surface area (Å²) in [6.07, 6.45) is 0. The lowest BCUT2D eigenvalue weighted by atomic mass is 9.83. The number of carbonyl (C=O) groups is 3. The molecule has 0 saturated carbocycles. The molecule has 1 aliphatic carbocycles. The van der Waals surface area contributed by atoms with E-state index >= 15 is 0 Å². The van der Waals surface area contributed by atoms with Gasteiger partial charge in [0, 0.05) is 28.0 Å². The Kier molecular flexibility index (Phi) is 4.74. The molecule has 5 rings (SSSR count). The van der Waals surface area contributed by atoms with Gasteiger partial charge in [0.25, 0.3) is 0 Å². The van der Waals surface area contributed by atoms with Crippen molar-refractivity contribution in [2.45, 2.75) is 12.8 Å². The second kappa shape index (κ2) is 7.63. The van der Waals surface area contributed by atoms with Crippen LogP contribution in [-0.4, -0.2) is 29.9 Å². The maximum atomic E-state index is 13.4. The van der Waals surface area contributed by atoms with E-state index in [0.29, 0.717) is 39.6 Å². The molecular formula is C26H19NO6. The van der Waals surface area contributed by atoms with Crippen molar-refractivity contribution in [1.29, 1.82) is 0 Å². The van der Waals surface area contributed by atoms with Crippen LogP contribution in [0, 0.1) is 0 Å². The summed E-state index contributed by atoms with van der Waals surface area (Å²) in [7, 11) is 1.28. The molecule has 1 aliphatic heterocycles. The molecule has 3 aromatic rings. The Bertz CT molecular complexity index is 1410. The molecular weight excluding hydrogens is 422 g/mol. The van der Waals surface area contributed by atoms with E-state index < -0.39 is 17.9 Å². The predicted octanol–water partition coefficient (Wildman–Crippen LogP) is 4.39. The van der Waals surface area contributed by atoms with Gasteiger partial charge in [0.15, 0.2) is 5.78 Å². The molecule has 0 amide bonds. The van der Waals surface area contributed by atoms with Gasteiger partial charge in [-0.05, 0) is 25.1 Å². The van der Waals surface area contributed by atoms with Gasteiger partial charge in [-0.1, -0.05) is 42.5 Å². The summed E-state index contributed by atoms with van der Waals surface area (Å²) in [6.45, 7) is 1.75. The molecule has 0 unspecified atom stereocenters. The number of allylic oxidation sites excluding steroid dienone is 2. The fourth-order valence-corrected chi connectivity index (χ4v) is 4.53. The smallest absolute Gasteiger partial charge is 0.336 e. The average Bonchev–Trinajstić information content (AvgIpc) is 3.42. The Labute approximate surface area is 189 Å². The van der Waals surface area contributed by atoms with Crippen LogP contribution in [0.25, 0.3) is 17.0 Å². The third-order valence-electron chi connectivity index (χ3n) is 5.99. The van der Waals surface area contributed by atoms with Crippen molar-refractivity contribution in [3.05, 3.63) is 100.0 Å². The van der Waals surface area contributed by atoms with Crippen molar-refractivity contribution in [2.75, 3.05) is 7.11 Å². The van der Waals surface area contributed by atoms with E-state index in [0.717, 1.165) is 5.56 Å². The van der Waals surface area contributed by atoms with E-state index in [2.05, 4.69) is 5.32 Å². The Morgan fingerprint density at radius 1 is 0.970 bits per heavy atom. The lowest BCUT2D eigenvalue weighted by Gasteiger charge is -2.27. The number of esters is 1. The van der Waals surface area contributed by atoms with Gasteiger partial charge in [-0.2, -0.15) is 0 Å². The number of aromatic carboxylic acids is 1. The number of ketones is 1. The number of hydrogen-bond donors (Lipinski definition) is 2. The molecule has 1 atom stereocenters. The highest BCUT2D eigenvalue weighted by Gasteiger charge is 2.44. The van der Waals surface area contributed by atoms with E-state index in [1.165, 1.54) is 13.2 Å². The molecule has 1 aromatic heterocycles. The highest BCUT2D eigenvalue weighted by Crippen LogP contribution is 2.47. The van der Waals surface area contributed by atoms with Crippen LogP contribution in [0.1, 0.15) is 44.9 Å². The Hall–Kier alpha value is -4.39. The first-order valence-corrected chi connectivity index (χ1v) is 10.3. The van der Waals surface area contributed by atoms with Crippen molar-refractivity contribution >= 4 is 23.4 Å². The van der Waals surface area contributed by atoms with Crippen LogP contribution >= 0.6 is 0 Å². The van der Waals surface area contributed by atoms with E-state index in [1.54, 1.807) is 49.4 Å². The lowest BCUT2D eigenvalue weighted by Crippen LogP contribution is -2.28. The van der Waals surface area contributed by atoms with Crippen molar-refractivity contribution in [2.24, 2.45) is 0 Å². The first-order chi connectivity index (χ1) is 15.9. The minimum absolute atomic E-state index is 0.0906. The van der Waals surface area contributed by atoms with Crippen LogP contribution in [0.15, 0.2) is 81.9 Å². The molecule has 0 bridgehead atoms. The minimum atomic E-state index is -1.08. The van der Waals surface area contributed by atoms with E-state index in [4.69, 9.17) is 9.15 Å². The molecule has 0 spiro atoms. The van der Waals surface area contributed by atoms with Gasteiger partial charge in [-0.15, -0.1) is 0 Å². The highest BCUT2D eigenvalue weighted by atomic mass is 16.5. The zero-order valence-corrected chi connectivity index (χ0v) is 17.8. The molecule has 0 radical (unpaired) electrons. The maximum Gasteiger partial charge on any atom is 0.336 e. The zero-order valence-electron chi connectivity index (χ0n) is 17.8. The van der Waals surface area contributed by atoms with Crippen LogP contribution in [0.3, 0.4) is 0 Å². The van der Waals surface area contributed by atoms with Crippen LogP contribution in [0.2, 0.25) is 0 Å². The number of fused-ring (bicyclic) bond motifs is 2. The third kappa shape index (κ3) is 3.09. The topological polar surface area (TPSA) is 106 Å². The zero-order chi connectivity index (χ0) is 23.3. The molecule has 0 saturated heterocycles. The Morgan fingerprint density at radius 3 is 2.33 bits per heavy atom. The molecule has 33 heavy (non-hydrogen) atoms. The standard InChI is InChI=1S/C26H19NO6/c1-13-20(26(31)32-2)21(22-23(27-13)15-8-4-5-9-16(15)24(22)28)19-12-11-18(33-19)14-7-3-6-10-17(14)25(29)30/h3-12,21,27H,1-2H3,(H,29,30)/t21-/m0/s1. The largest absolute Gasteiger partial charge is 0.478 e. The van der Waals surface area contributed by atoms with Gasteiger partial charge in [-0.3, -0.25) is 4.79 Å². The van der Waals surface area contributed by atoms with Crippen molar-refractivity contribution in [3.63, 3.8) is 0 Å².